The molecule has 2 aromatic rings. The molecule has 2 aromatic heterocycles. The highest BCUT2D eigenvalue weighted by atomic mass is 19.4. The Morgan fingerprint density at radius 3 is 2.48 bits per heavy atom. The number of pyridine rings is 1. The van der Waals surface area contributed by atoms with E-state index in [4.69, 9.17) is 4.74 Å². The number of rotatable bonds is 3. The van der Waals surface area contributed by atoms with Gasteiger partial charge in [0, 0.05) is 19.3 Å². The number of alkyl halides is 3. The molecule has 0 N–H and O–H groups in total. The molecular weight excluding hydrogens is 363 g/mol. The summed E-state index contributed by atoms with van der Waals surface area (Å²) in [6.45, 7) is 2.48. The van der Waals surface area contributed by atoms with Crippen molar-refractivity contribution in [2.45, 2.75) is 32.4 Å². The molecule has 1 amide bonds. The summed E-state index contributed by atoms with van der Waals surface area (Å²) < 4.78 is 45.2. The van der Waals surface area contributed by atoms with Crippen molar-refractivity contribution in [1.29, 1.82) is 0 Å². The molecule has 27 heavy (non-hydrogen) atoms. The van der Waals surface area contributed by atoms with Crippen LogP contribution in [0.3, 0.4) is 0 Å². The van der Waals surface area contributed by atoms with Crippen LogP contribution in [0.5, 0.6) is 0 Å². The number of fused-ring (bicyclic) bond motifs is 1. The zero-order valence-corrected chi connectivity index (χ0v) is 15.0. The summed E-state index contributed by atoms with van der Waals surface area (Å²) in [7, 11) is 1.32. The Bertz CT molecular complexity index is 868. The second kappa shape index (κ2) is 7.21. The summed E-state index contributed by atoms with van der Waals surface area (Å²) in [4.78, 5) is 30.5. The van der Waals surface area contributed by atoms with E-state index in [1.165, 1.54) is 17.6 Å². The Kier molecular flexibility index (Phi) is 5.12. The van der Waals surface area contributed by atoms with Gasteiger partial charge in [-0.3, -0.25) is 14.0 Å². The number of esters is 1. The van der Waals surface area contributed by atoms with Crippen LogP contribution < -0.4 is 0 Å². The number of aryl methyl sites for hydroxylation is 1. The molecule has 0 radical (unpaired) electrons. The lowest BCUT2D eigenvalue weighted by atomic mass is 9.96. The number of nitrogens with zero attached hydrogens (tertiary/aromatic N) is 3. The number of likely N-dealkylation sites (tertiary alicyclic amines) is 1. The molecule has 0 atom stereocenters. The molecule has 0 unspecified atom stereocenters. The maximum Gasteiger partial charge on any atom is 0.417 e. The number of methoxy groups -OCH3 is 1. The number of piperidine rings is 1. The first-order valence-corrected chi connectivity index (χ1v) is 8.71. The molecular formula is C18H20F3N3O3. The zero-order valence-electron chi connectivity index (χ0n) is 15.0. The van der Waals surface area contributed by atoms with E-state index in [2.05, 4.69) is 4.98 Å². The molecule has 0 bridgehead atoms. The smallest absolute Gasteiger partial charge is 0.417 e. The van der Waals surface area contributed by atoms with Crippen LogP contribution in [0.15, 0.2) is 18.3 Å². The fourth-order valence-electron chi connectivity index (χ4n) is 3.37. The molecule has 146 valence electrons. The maximum absolute atomic E-state index is 13.1. The summed E-state index contributed by atoms with van der Waals surface area (Å²) in [6, 6.07) is 2.22. The van der Waals surface area contributed by atoms with Crippen LogP contribution in [-0.2, 0) is 22.1 Å². The number of ether oxygens (including phenoxy) is 1. The Morgan fingerprint density at radius 2 is 1.93 bits per heavy atom. The number of hydrogen-bond acceptors (Lipinski definition) is 4. The van der Waals surface area contributed by atoms with Gasteiger partial charge in [0.25, 0.3) is 5.91 Å². The first-order chi connectivity index (χ1) is 12.8. The van der Waals surface area contributed by atoms with Gasteiger partial charge in [0.05, 0.1) is 24.3 Å². The number of amides is 1. The van der Waals surface area contributed by atoms with Gasteiger partial charge in [-0.05, 0) is 31.4 Å². The second-order valence-electron chi connectivity index (χ2n) is 6.49. The number of hydrogen-bond donors (Lipinski definition) is 0. The van der Waals surface area contributed by atoms with Crippen LogP contribution in [0.2, 0.25) is 0 Å². The van der Waals surface area contributed by atoms with Crippen LogP contribution in [0.1, 0.15) is 41.5 Å². The fourth-order valence-corrected chi connectivity index (χ4v) is 3.37. The number of aromatic nitrogens is 2. The standard InChI is InChI=1S/C18H20F3N3O3/c1-3-13-15(16(25)23-8-6-11(7-9-23)17(26)27-2)24-10-12(18(19,20)21)4-5-14(24)22-13/h4-5,10-11H,3,6-9H2,1-2H3. The van der Waals surface area contributed by atoms with E-state index in [1.54, 1.807) is 11.8 Å². The van der Waals surface area contributed by atoms with Crippen molar-refractivity contribution in [3.8, 4) is 0 Å². The predicted octanol–water partition coefficient (Wildman–Crippen LogP) is 2.94. The fraction of sp³-hybridized carbons (Fsp3) is 0.500. The van der Waals surface area contributed by atoms with E-state index in [9.17, 15) is 22.8 Å². The van der Waals surface area contributed by atoms with E-state index < -0.39 is 11.7 Å². The van der Waals surface area contributed by atoms with Crippen molar-refractivity contribution in [2.75, 3.05) is 20.2 Å². The molecule has 0 spiro atoms. The van der Waals surface area contributed by atoms with Gasteiger partial charge >= 0.3 is 12.1 Å². The van der Waals surface area contributed by atoms with Gasteiger partial charge in [0.1, 0.15) is 11.3 Å². The van der Waals surface area contributed by atoms with Gasteiger partial charge in [-0.1, -0.05) is 6.92 Å². The molecule has 1 aliphatic heterocycles. The highest BCUT2D eigenvalue weighted by Crippen LogP contribution is 2.30. The minimum Gasteiger partial charge on any atom is -0.469 e. The quantitative estimate of drug-likeness (QED) is 0.765. The van der Waals surface area contributed by atoms with Gasteiger partial charge in [-0.15, -0.1) is 0 Å². The highest BCUT2D eigenvalue weighted by molar-refractivity contribution is 5.95. The summed E-state index contributed by atoms with van der Waals surface area (Å²) >= 11 is 0. The summed E-state index contributed by atoms with van der Waals surface area (Å²) in [5.41, 5.74) is 0.0608. The van der Waals surface area contributed by atoms with Crippen LogP contribution in [0.4, 0.5) is 13.2 Å². The third-order valence-corrected chi connectivity index (χ3v) is 4.87. The lowest BCUT2D eigenvalue weighted by Crippen LogP contribution is -2.41. The molecule has 6 nitrogen and oxygen atoms in total. The molecule has 3 heterocycles. The van der Waals surface area contributed by atoms with E-state index in [0.29, 0.717) is 43.7 Å². The minimum atomic E-state index is -4.51. The number of carbonyl (C=O) groups excluding carboxylic acids is 2. The SMILES string of the molecule is CCc1nc2ccc(C(F)(F)F)cn2c1C(=O)N1CCC(C(=O)OC)CC1. The molecule has 1 fully saturated rings. The van der Waals surface area contributed by atoms with Gasteiger partial charge in [0.15, 0.2) is 0 Å². The molecule has 3 rings (SSSR count). The van der Waals surface area contributed by atoms with Crippen LogP contribution >= 0.6 is 0 Å². The Balaban J connectivity index is 1.93. The van der Waals surface area contributed by atoms with Crippen molar-refractivity contribution < 1.29 is 27.5 Å². The van der Waals surface area contributed by atoms with E-state index in [-0.39, 0.29) is 23.5 Å². The number of halogens is 3. The Labute approximate surface area is 153 Å². The van der Waals surface area contributed by atoms with E-state index in [1.807, 2.05) is 0 Å². The largest absolute Gasteiger partial charge is 0.469 e. The Hall–Kier alpha value is -2.58. The van der Waals surface area contributed by atoms with Crippen molar-refractivity contribution in [3.05, 3.63) is 35.3 Å². The average Bonchev–Trinajstić information content (AvgIpc) is 3.04. The summed E-state index contributed by atoms with van der Waals surface area (Å²) in [5.74, 6) is -0.938. The molecule has 0 saturated carbocycles. The normalized spacial score (nSPS) is 16.0. The predicted molar refractivity (Wildman–Crippen MR) is 90.2 cm³/mol. The topological polar surface area (TPSA) is 63.9 Å². The van der Waals surface area contributed by atoms with Crippen LogP contribution in [-0.4, -0.2) is 46.4 Å². The second-order valence-corrected chi connectivity index (χ2v) is 6.49. The molecule has 9 heteroatoms. The van der Waals surface area contributed by atoms with Crippen molar-refractivity contribution in [1.82, 2.24) is 14.3 Å². The maximum atomic E-state index is 13.1. The third kappa shape index (κ3) is 3.63. The molecule has 0 aromatic carbocycles. The molecule has 0 aliphatic carbocycles. The lowest BCUT2D eigenvalue weighted by Gasteiger charge is -2.30. The van der Waals surface area contributed by atoms with Crippen LogP contribution in [0, 0.1) is 5.92 Å². The van der Waals surface area contributed by atoms with Crippen molar-refractivity contribution >= 4 is 17.5 Å². The van der Waals surface area contributed by atoms with Gasteiger partial charge < -0.3 is 9.64 Å². The Morgan fingerprint density at radius 1 is 1.26 bits per heavy atom. The van der Waals surface area contributed by atoms with Crippen LogP contribution in [0.25, 0.3) is 5.65 Å². The first kappa shape index (κ1) is 19.2. The van der Waals surface area contributed by atoms with Gasteiger partial charge in [-0.2, -0.15) is 13.2 Å². The lowest BCUT2D eigenvalue weighted by molar-refractivity contribution is -0.146. The average molecular weight is 383 g/mol. The molecule has 1 saturated heterocycles. The van der Waals surface area contributed by atoms with Crippen molar-refractivity contribution in [2.24, 2.45) is 5.92 Å². The third-order valence-electron chi connectivity index (χ3n) is 4.87. The van der Waals surface area contributed by atoms with Gasteiger partial charge in [0.2, 0.25) is 0 Å². The number of imidazole rings is 1. The minimum absolute atomic E-state index is 0.148. The van der Waals surface area contributed by atoms with Crippen molar-refractivity contribution in [3.63, 3.8) is 0 Å². The number of carbonyl (C=O) groups is 2. The highest BCUT2D eigenvalue weighted by Gasteiger charge is 2.33. The summed E-state index contributed by atoms with van der Waals surface area (Å²) in [5, 5.41) is 0. The summed E-state index contributed by atoms with van der Waals surface area (Å²) in [6.07, 6.45) is -2.25. The van der Waals surface area contributed by atoms with E-state index in [0.717, 1.165) is 12.3 Å². The monoisotopic (exact) mass is 383 g/mol. The zero-order chi connectivity index (χ0) is 19.8. The molecule has 1 aliphatic rings. The van der Waals surface area contributed by atoms with E-state index >= 15 is 0 Å². The first-order valence-electron chi connectivity index (χ1n) is 8.71. The van der Waals surface area contributed by atoms with Gasteiger partial charge in [-0.25, -0.2) is 4.98 Å².